The van der Waals surface area contributed by atoms with E-state index in [4.69, 9.17) is 14.2 Å². The van der Waals surface area contributed by atoms with Gasteiger partial charge in [-0.15, -0.1) is 0 Å². The molecule has 0 unspecified atom stereocenters. The number of hydrogen-bond donors (Lipinski definition) is 1. The summed E-state index contributed by atoms with van der Waals surface area (Å²) >= 11 is 0. The van der Waals surface area contributed by atoms with E-state index in [2.05, 4.69) is 10.1 Å². The van der Waals surface area contributed by atoms with Gasteiger partial charge in [-0.25, -0.2) is 9.59 Å². The van der Waals surface area contributed by atoms with Gasteiger partial charge in [0.05, 0.1) is 31.2 Å². The average Bonchev–Trinajstić information content (AvgIpc) is 3.22. The minimum absolute atomic E-state index is 0.000310. The third kappa shape index (κ3) is 8.14. The fraction of sp³-hybridized carbons (Fsp3) is 0.393. The van der Waals surface area contributed by atoms with Gasteiger partial charge in [0.25, 0.3) is 0 Å². The van der Waals surface area contributed by atoms with Crippen molar-refractivity contribution >= 4 is 29.4 Å². The van der Waals surface area contributed by atoms with Crippen LogP contribution in [-0.2, 0) is 30.4 Å². The first kappa shape index (κ1) is 30.3. The molecule has 1 N–H and O–H groups in total. The maximum absolute atomic E-state index is 13.9. The van der Waals surface area contributed by atoms with Crippen molar-refractivity contribution in [3.8, 4) is 5.75 Å². The minimum Gasteiger partial charge on any atom is -0.487 e. The molecule has 0 spiro atoms. The van der Waals surface area contributed by atoms with E-state index in [0.717, 1.165) is 12.7 Å². The highest BCUT2D eigenvalue weighted by molar-refractivity contribution is 5.93. The molecule has 1 atom stereocenters. The van der Waals surface area contributed by atoms with Crippen LogP contribution in [0.5, 0.6) is 5.75 Å². The minimum atomic E-state index is -4.94. The Balaban J connectivity index is 2.12. The lowest BCUT2D eigenvalue weighted by Crippen LogP contribution is -2.36. The zero-order valence-corrected chi connectivity index (χ0v) is 22.8. The van der Waals surface area contributed by atoms with Crippen LogP contribution in [0.1, 0.15) is 44.7 Å². The summed E-state index contributed by atoms with van der Waals surface area (Å²) in [5, 5.41) is 2.25. The van der Waals surface area contributed by atoms with Crippen LogP contribution >= 0.6 is 0 Å². The summed E-state index contributed by atoms with van der Waals surface area (Å²) in [5.74, 6) is -2.37. The Labute approximate surface area is 229 Å². The summed E-state index contributed by atoms with van der Waals surface area (Å²) in [6.45, 7) is 6.24. The van der Waals surface area contributed by atoms with Gasteiger partial charge in [-0.05, 0) is 38.0 Å². The van der Waals surface area contributed by atoms with Crippen LogP contribution in [0.3, 0.4) is 0 Å². The Bertz CT molecular complexity index is 1270. The Morgan fingerprint density at radius 1 is 1.10 bits per heavy atom. The molecule has 2 aromatic carbocycles. The average molecular weight is 565 g/mol. The van der Waals surface area contributed by atoms with Crippen LogP contribution in [-0.4, -0.2) is 50.1 Å². The zero-order valence-electron chi connectivity index (χ0n) is 22.8. The van der Waals surface area contributed by atoms with Crippen molar-refractivity contribution in [2.75, 3.05) is 30.5 Å². The second kappa shape index (κ2) is 12.3. The second-order valence-corrected chi connectivity index (χ2v) is 9.98. The Morgan fingerprint density at radius 2 is 1.77 bits per heavy atom. The molecule has 0 aliphatic carbocycles. The van der Waals surface area contributed by atoms with Gasteiger partial charge in [0.1, 0.15) is 23.7 Å². The van der Waals surface area contributed by atoms with Crippen molar-refractivity contribution in [3.05, 3.63) is 65.4 Å². The number of methoxy groups -OCH3 is 1. The summed E-state index contributed by atoms with van der Waals surface area (Å²) in [5.41, 5.74) is -0.846. The second-order valence-electron chi connectivity index (χ2n) is 9.98. The van der Waals surface area contributed by atoms with Crippen LogP contribution in [0.15, 0.2) is 54.2 Å². The van der Waals surface area contributed by atoms with Gasteiger partial charge < -0.3 is 24.3 Å². The van der Waals surface area contributed by atoms with E-state index >= 15 is 0 Å². The van der Waals surface area contributed by atoms with E-state index in [1.807, 2.05) is 0 Å². The van der Waals surface area contributed by atoms with Crippen LogP contribution in [0.25, 0.3) is 0 Å². The molecule has 216 valence electrons. The highest BCUT2D eigenvalue weighted by atomic mass is 19.4. The predicted molar refractivity (Wildman–Crippen MR) is 140 cm³/mol. The number of benzene rings is 2. The number of alkyl halides is 3. The lowest BCUT2D eigenvalue weighted by atomic mass is 10.0. The number of halogens is 3. The van der Waals surface area contributed by atoms with Crippen LogP contribution in [0, 0.1) is 0 Å². The fourth-order valence-electron chi connectivity index (χ4n) is 3.88. The molecule has 1 amide bonds. The number of nitrogens with one attached hydrogen (secondary N) is 1. The van der Waals surface area contributed by atoms with Crippen LogP contribution in [0.4, 0.5) is 29.3 Å². The van der Waals surface area contributed by atoms with E-state index in [1.165, 1.54) is 24.0 Å². The number of nitrogens with zero attached hydrogens (tertiary/aromatic N) is 1. The van der Waals surface area contributed by atoms with Gasteiger partial charge in [-0.2, -0.15) is 13.2 Å². The number of ether oxygens (including phenoxy) is 4. The maximum Gasteiger partial charge on any atom is 0.431 e. The molecule has 0 saturated carbocycles. The molecule has 0 radical (unpaired) electrons. The van der Waals surface area contributed by atoms with Gasteiger partial charge in [-0.3, -0.25) is 9.69 Å². The van der Waals surface area contributed by atoms with E-state index in [1.54, 1.807) is 51.1 Å². The molecule has 2 aromatic rings. The molecule has 9 nitrogen and oxygen atoms in total. The SMILES string of the molecule is COC(=O)/C=C(/Nc1cc2c(cc1OCc1ccccc1)N(C(=O)OC(C)(C)C)C[C@H]2COC(C)=O)C(F)(F)F. The van der Waals surface area contributed by atoms with Crippen LogP contribution in [0.2, 0.25) is 0 Å². The highest BCUT2D eigenvalue weighted by Gasteiger charge is 2.39. The third-order valence-corrected chi connectivity index (χ3v) is 5.64. The number of rotatable bonds is 8. The molecule has 12 heteroatoms. The Kier molecular flexibility index (Phi) is 9.33. The van der Waals surface area contributed by atoms with Gasteiger partial charge in [0.2, 0.25) is 0 Å². The normalized spacial score (nSPS) is 15.2. The molecule has 0 fully saturated rings. The summed E-state index contributed by atoms with van der Waals surface area (Å²) < 4.78 is 62.6. The van der Waals surface area contributed by atoms with Gasteiger partial charge in [0, 0.05) is 25.5 Å². The molecule has 40 heavy (non-hydrogen) atoms. The van der Waals surface area contributed by atoms with Gasteiger partial charge in [-0.1, -0.05) is 30.3 Å². The molecule has 1 aliphatic heterocycles. The lowest BCUT2D eigenvalue weighted by Gasteiger charge is -2.25. The van der Waals surface area contributed by atoms with Crippen molar-refractivity contribution in [1.29, 1.82) is 0 Å². The molecular formula is C28H31F3N2O7. The monoisotopic (exact) mass is 564 g/mol. The fourth-order valence-corrected chi connectivity index (χ4v) is 3.88. The van der Waals surface area contributed by atoms with Crippen molar-refractivity contribution in [1.82, 2.24) is 0 Å². The first-order valence-corrected chi connectivity index (χ1v) is 12.3. The van der Waals surface area contributed by atoms with E-state index in [-0.39, 0.29) is 37.3 Å². The standard InChI is InChI=1S/C28H31F3N2O7/c1-17(34)38-16-19-14-33(26(36)40-27(2,3)4)22-12-23(39-15-18-9-7-6-8-10-18)21(11-20(19)22)32-24(28(29,30)31)13-25(35)37-5/h6-13,19,32H,14-16H2,1-5H3/b24-13+/t19-/m0/s1. The van der Waals surface area contributed by atoms with Crippen molar-refractivity contribution < 1.29 is 46.5 Å². The Morgan fingerprint density at radius 3 is 2.35 bits per heavy atom. The first-order valence-electron chi connectivity index (χ1n) is 12.3. The number of esters is 2. The van der Waals surface area contributed by atoms with E-state index in [9.17, 15) is 27.6 Å². The number of anilines is 2. The van der Waals surface area contributed by atoms with Gasteiger partial charge >= 0.3 is 24.2 Å². The largest absolute Gasteiger partial charge is 0.487 e. The quantitative estimate of drug-likeness (QED) is 0.248. The number of amides is 1. The summed E-state index contributed by atoms with van der Waals surface area (Å²) in [6, 6.07) is 11.7. The summed E-state index contributed by atoms with van der Waals surface area (Å²) in [7, 11) is 0.960. The molecule has 3 rings (SSSR count). The van der Waals surface area contributed by atoms with Crippen molar-refractivity contribution in [2.24, 2.45) is 0 Å². The molecule has 1 aliphatic rings. The molecule has 0 aromatic heterocycles. The van der Waals surface area contributed by atoms with E-state index in [0.29, 0.717) is 11.3 Å². The third-order valence-electron chi connectivity index (χ3n) is 5.64. The Hall–Kier alpha value is -4.22. The number of carbonyl (C=O) groups excluding carboxylic acids is 3. The lowest BCUT2D eigenvalue weighted by molar-refractivity contribution is -0.141. The highest BCUT2D eigenvalue weighted by Crippen LogP contribution is 2.44. The van der Waals surface area contributed by atoms with Gasteiger partial charge in [0.15, 0.2) is 0 Å². The predicted octanol–water partition coefficient (Wildman–Crippen LogP) is 5.70. The smallest absolute Gasteiger partial charge is 0.431 e. The maximum atomic E-state index is 13.9. The first-order chi connectivity index (χ1) is 18.7. The van der Waals surface area contributed by atoms with Crippen molar-refractivity contribution in [2.45, 2.75) is 52.0 Å². The van der Waals surface area contributed by atoms with E-state index < -0.39 is 41.4 Å². The molecule has 0 bridgehead atoms. The number of carbonyl (C=O) groups is 3. The molecular weight excluding hydrogens is 533 g/mol. The number of fused-ring (bicyclic) bond motifs is 1. The van der Waals surface area contributed by atoms with Crippen molar-refractivity contribution in [3.63, 3.8) is 0 Å². The molecule has 0 saturated heterocycles. The van der Waals surface area contributed by atoms with Crippen LogP contribution < -0.4 is 15.0 Å². The number of hydrogen-bond acceptors (Lipinski definition) is 8. The summed E-state index contributed by atoms with van der Waals surface area (Å²) in [4.78, 5) is 37.6. The number of allylic oxidation sites excluding steroid dienone is 1. The molecule has 1 heterocycles. The summed E-state index contributed by atoms with van der Waals surface area (Å²) in [6.07, 6.45) is -5.34. The zero-order chi connectivity index (χ0) is 29.7. The topological polar surface area (TPSA) is 103 Å².